The molecule has 5 nitrogen and oxygen atoms in total. The highest BCUT2D eigenvalue weighted by atomic mass is 16.7. The maximum absolute atomic E-state index is 13.0. The van der Waals surface area contributed by atoms with Crippen LogP contribution < -0.4 is 9.47 Å². The van der Waals surface area contributed by atoms with Crippen LogP contribution in [0.15, 0.2) is 24.0 Å². The molecule has 0 N–H and O–H groups in total. The summed E-state index contributed by atoms with van der Waals surface area (Å²) >= 11 is 0. The van der Waals surface area contributed by atoms with Crippen molar-refractivity contribution in [2.45, 2.75) is 30.7 Å². The third kappa shape index (κ3) is 1.63. The number of fused-ring (bicyclic) bond motifs is 3. The molecule has 4 aliphatic rings. The second-order valence-corrected chi connectivity index (χ2v) is 6.75. The van der Waals surface area contributed by atoms with Crippen molar-refractivity contribution in [2.24, 2.45) is 0 Å². The molecule has 1 fully saturated rings. The molecule has 1 spiro atoms. The lowest BCUT2D eigenvalue weighted by Gasteiger charge is -2.36. The topological polar surface area (TPSA) is 48.0 Å². The molecule has 2 atom stereocenters. The van der Waals surface area contributed by atoms with E-state index in [-0.39, 0.29) is 24.0 Å². The average molecular weight is 313 g/mol. The van der Waals surface area contributed by atoms with Gasteiger partial charge < -0.3 is 14.2 Å². The van der Waals surface area contributed by atoms with Gasteiger partial charge in [-0.05, 0) is 55.1 Å². The number of carbonyl (C=O) groups is 1. The van der Waals surface area contributed by atoms with Crippen LogP contribution in [0, 0.1) is 0 Å². The highest BCUT2D eigenvalue weighted by molar-refractivity contribution is 6.03. The van der Waals surface area contributed by atoms with Crippen molar-refractivity contribution < 1.29 is 19.0 Å². The largest absolute Gasteiger partial charge is 0.493 e. The Hall–Kier alpha value is -2.01. The number of Topliss-reactive ketones (excluding diaryl/α,β-unsaturated/α-hetero) is 1. The van der Waals surface area contributed by atoms with Gasteiger partial charge in [-0.15, -0.1) is 0 Å². The second-order valence-electron chi connectivity index (χ2n) is 6.75. The zero-order chi connectivity index (χ0) is 15.6. The van der Waals surface area contributed by atoms with E-state index in [1.54, 1.807) is 7.11 Å². The lowest BCUT2D eigenvalue weighted by molar-refractivity contribution is -0.120. The summed E-state index contributed by atoms with van der Waals surface area (Å²) in [7, 11) is 1.59. The van der Waals surface area contributed by atoms with Crippen LogP contribution in [0.5, 0.6) is 11.5 Å². The Kier molecular flexibility index (Phi) is 2.63. The van der Waals surface area contributed by atoms with E-state index < -0.39 is 0 Å². The van der Waals surface area contributed by atoms with Crippen molar-refractivity contribution in [3.05, 3.63) is 35.1 Å². The van der Waals surface area contributed by atoms with Crippen LogP contribution in [0.2, 0.25) is 0 Å². The molecule has 0 aromatic heterocycles. The number of carbonyl (C=O) groups excluding carboxylic acids is 1. The Bertz CT molecular complexity index is 741. The minimum Gasteiger partial charge on any atom is -0.493 e. The van der Waals surface area contributed by atoms with E-state index >= 15 is 0 Å². The summed E-state index contributed by atoms with van der Waals surface area (Å²) in [5.41, 5.74) is 2.07. The van der Waals surface area contributed by atoms with Crippen molar-refractivity contribution in [1.82, 2.24) is 4.90 Å². The molecule has 1 saturated heterocycles. The number of methoxy groups -OCH3 is 1. The van der Waals surface area contributed by atoms with E-state index in [0.29, 0.717) is 5.76 Å². The van der Waals surface area contributed by atoms with Gasteiger partial charge in [-0.25, -0.2) is 0 Å². The van der Waals surface area contributed by atoms with Gasteiger partial charge in [-0.3, -0.25) is 9.69 Å². The minimum absolute atomic E-state index is 0.0985. The third-order valence-electron chi connectivity index (χ3n) is 5.80. The number of ether oxygens (including phenoxy) is 3. The highest BCUT2D eigenvalue weighted by Crippen LogP contribution is 2.53. The standard InChI is InChI=1S/C18H19NO4/c1-21-15-9-18-4-2-5-19(18)6-3-11-7-13-14(23-10-22-13)8-12(11)16(18)17(15)20/h7-9,16H,2-6,10H2,1H3/t16?,18-/m1/s1. The van der Waals surface area contributed by atoms with Crippen LogP contribution in [-0.4, -0.2) is 43.2 Å². The van der Waals surface area contributed by atoms with Gasteiger partial charge in [0.2, 0.25) is 12.6 Å². The quantitative estimate of drug-likeness (QED) is 0.794. The average Bonchev–Trinajstić information content (AvgIpc) is 3.21. The normalized spacial score (nSPS) is 31.3. The number of benzene rings is 1. The van der Waals surface area contributed by atoms with Crippen molar-refractivity contribution in [3.8, 4) is 11.5 Å². The number of nitrogens with zero attached hydrogens (tertiary/aromatic N) is 1. The van der Waals surface area contributed by atoms with Crippen LogP contribution in [-0.2, 0) is 16.0 Å². The van der Waals surface area contributed by atoms with E-state index in [0.717, 1.165) is 49.4 Å². The molecule has 3 heterocycles. The lowest BCUT2D eigenvalue weighted by atomic mass is 9.78. The molecule has 23 heavy (non-hydrogen) atoms. The minimum atomic E-state index is -0.221. The Labute approximate surface area is 134 Å². The van der Waals surface area contributed by atoms with Crippen molar-refractivity contribution in [2.75, 3.05) is 27.0 Å². The number of ketones is 1. The van der Waals surface area contributed by atoms with Crippen molar-refractivity contribution in [3.63, 3.8) is 0 Å². The Morgan fingerprint density at radius 1 is 1.26 bits per heavy atom. The molecular formula is C18H19NO4. The SMILES string of the molecule is COC1=C[C@@]23CCCN2CCc2cc4c(cc2C3C1=O)OCO4. The summed E-state index contributed by atoms with van der Waals surface area (Å²) in [5, 5.41) is 0. The molecule has 5 heteroatoms. The fourth-order valence-corrected chi connectivity index (χ4v) is 4.79. The monoisotopic (exact) mass is 313 g/mol. The van der Waals surface area contributed by atoms with Gasteiger partial charge >= 0.3 is 0 Å². The molecule has 3 aliphatic heterocycles. The summed E-state index contributed by atoms with van der Waals surface area (Å²) in [5.74, 6) is 1.97. The van der Waals surface area contributed by atoms with Crippen LogP contribution in [0.25, 0.3) is 0 Å². The molecule has 1 aliphatic carbocycles. The van der Waals surface area contributed by atoms with Crippen LogP contribution in [0.1, 0.15) is 29.9 Å². The maximum Gasteiger partial charge on any atom is 0.231 e. The predicted octanol–water partition coefficient (Wildman–Crippen LogP) is 2.00. The number of rotatable bonds is 1. The smallest absolute Gasteiger partial charge is 0.231 e. The molecule has 0 bridgehead atoms. The van der Waals surface area contributed by atoms with Crippen LogP contribution in [0.3, 0.4) is 0 Å². The molecule has 1 aromatic carbocycles. The summed E-state index contributed by atoms with van der Waals surface area (Å²) in [6.45, 7) is 2.26. The lowest BCUT2D eigenvalue weighted by Crippen LogP contribution is -2.46. The maximum atomic E-state index is 13.0. The van der Waals surface area contributed by atoms with E-state index in [1.807, 2.05) is 6.07 Å². The summed E-state index contributed by atoms with van der Waals surface area (Å²) in [4.78, 5) is 15.5. The van der Waals surface area contributed by atoms with Gasteiger partial charge in [0.25, 0.3) is 0 Å². The van der Waals surface area contributed by atoms with Gasteiger partial charge in [0, 0.05) is 6.54 Å². The van der Waals surface area contributed by atoms with Gasteiger partial charge in [-0.2, -0.15) is 0 Å². The van der Waals surface area contributed by atoms with E-state index in [1.165, 1.54) is 5.56 Å². The van der Waals surface area contributed by atoms with Crippen molar-refractivity contribution >= 4 is 5.78 Å². The zero-order valence-electron chi connectivity index (χ0n) is 13.1. The fraction of sp³-hybridized carbons (Fsp3) is 0.500. The summed E-state index contributed by atoms with van der Waals surface area (Å²) in [6, 6.07) is 4.09. The first-order valence-electron chi connectivity index (χ1n) is 8.21. The highest BCUT2D eigenvalue weighted by Gasteiger charge is 2.56. The summed E-state index contributed by atoms with van der Waals surface area (Å²) < 4.78 is 16.5. The van der Waals surface area contributed by atoms with Gasteiger partial charge in [-0.1, -0.05) is 0 Å². The van der Waals surface area contributed by atoms with Gasteiger partial charge in [0.15, 0.2) is 17.3 Å². The number of allylic oxidation sites excluding steroid dienone is 1. The fourth-order valence-electron chi connectivity index (χ4n) is 4.79. The molecular weight excluding hydrogens is 294 g/mol. The Balaban J connectivity index is 1.72. The Morgan fingerprint density at radius 2 is 2.09 bits per heavy atom. The first-order valence-corrected chi connectivity index (χ1v) is 8.21. The molecule has 0 amide bonds. The van der Waals surface area contributed by atoms with E-state index in [2.05, 4.69) is 17.0 Å². The van der Waals surface area contributed by atoms with Crippen molar-refractivity contribution in [1.29, 1.82) is 0 Å². The van der Waals surface area contributed by atoms with E-state index in [4.69, 9.17) is 14.2 Å². The molecule has 120 valence electrons. The predicted molar refractivity (Wildman–Crippen MR) is 82.6 cm³/mol. The number of hydrogen-bond acceptors (Lipinski definition) is 5. The Morgan fingerprint density at radius 3 is 2.91 bits per heavy atom. The number of hydrogen-bond donors (Lipinski definition) is 0. The van der Waals surface area contributed by atoms with Gasteiger partial charge in [0.05, 0.1) is 18.6 Å². The third-order valence-corrected chi connectivity index (χ3v) is 5.80. The van der Waals surface area contributed by atoms with Gasteiger partial charge in [0.1, 0.15) is 0 Å². The first-order chi connectivity index (χ1) is 11.2. The second kappa shape index (κ2) is 4.51. The molecule has 0 saturated carbocycles. The molecule has 1 aromatic rings. The van der Waals surface area contributed by atoms with Crippen LogP contribution in [0.4, 0.5) is 0 Å². The molecule has 1 unspecified atom stereocenters. The molecule has 5 rings (SSSR count). The zero-order valence-corrected chi connectivity index (χ0v) is 13.1. The first kappa shape index (κ1) is 13.4. The van der Waals surface area contributed by atoms with Crippen LogP contribution >= 0.6 is 0 Å². The van der Waals surface area contributed by atoms with E-state index in [9.17, 15) is 4.79 Å². The summed E-state index contributed by atoms with van der Waals surface area (Å²) in [6.07, 6.45) is 5.14. The molecule has 0 radical (unpaired) electrons.